The molecular formula is C18H24O6. The number of carboxylic acid groups (broad SMARTS) is 1. The van der Waals surface area contributed by atoms with Gasteiger partial charge in [0.1, 0.15) is 6.10 Å². The number of carbonyl (C=O) groups is 2. The molecule has 2 unspecified atom stereocenters. The predicted molar refractivity (Wildman–Crippen MR) is 87.5 cm³/mol. The minimum atomic E-state index is -0.913. The number of benzene rings is 1. The van der Waals surface area contributed by atoms with Crippen LogP contribution in [0.5, 0.6) is 11.5 Å². The summed E-state index contributed by atoms with van der Waals surface area (Å²) in [5.74, 6) is -0.195. The molecule has 1 fully saturated rings. The Kier molecular flexibility index (Phi) is 5.70. The molecule has 1 aliphatic carbocycles. The minimum Gasteiger partial charge on any atom is -0.493 e. The molecule has 0 radical (unpaired) electrons. The van der Waals surface area contributed by atoms with Crippen molar-refractivity contribution >= 4 is 11.9 Å². The van der Waals surface area contributed by atoms with E-state index in [0.29, 0.717) is 24.3 Å². The lowest BCUT2D eigenvalue weighted by atomic mass is 9.65. The lowest BCUT2D eigenvalue weighted by molar-refractivity contribution is -0.156. The van der Waals surface area contributed by atoms with Crippen molar-refractivity contribution in [1.82, 2.24) is 0 Å². The van der Waals surface area contributed by atoms with E-state index in [0.717, 1.165) is 18.4 Å². The summed E-state index contributed by atoms with van der Waals surface area (Å²) in [6.07, 6.45) is 2.54. The molecule has 6 heteroatoms. The molecule has 1 N–H and O–H groups in total. The van der Waals surface area contributed by atoms with Crippen LogP contribution >= 0.6 is 0 Å². The third-order valence-corrected chi connectivity index (χ3v) is 4.69. The minimum absolute atomic E-state index is 0.0968. The molecule has 0 aliphatic heterocycles. The van der Waals surface area contributed by atoms with Gasteiger partial charge in [-0.2, -0.15) is 0 Å². The Labute approximate surface area is 141 Å². The highest BCUT2D eigenvalue weighted by Crippen LogP contribution is 2.46. The highest BCUT2D eigenvalue weighted by atomic mass is 16.5. The first-order valence-corrected chi connectivity index (χ1v) is 8.04. The number of hydrogen-bond acceptors (Lipinski definition) is 5. The van der Waals surface area contributed by atoms with E-state index in [4.69, 9.17) is 14.2 Å². The largest absolute Gasteiger partial charge is 0.493 e. The highest BCUT2D eigenvalue weighted by Gasteiger charge is 2.46. The van der Waals surface area contributed by atoms with Crippen LogP contribution in [0, 0.1) is 0 Å². The zero-order valence-corrected chi connectivity index (χ0v) is 14.3. The van der Waals surface area contributed by atoms with Gasteiger partial charge in [0.15, 0.2) is 11.5 Å². The summed E-state index contributed by atoms with van der Waals surface area (Å²) in [5.41, 5.74) is 0.0449. The van der Waals surface area contributed by atoms with Crippen LogP contribution in [0.3, 0.4) is 0 Å². The van der Waals surface area contributed by atoms with Gasteiger partial charge >= 0.3 is 11.9 Å². The van der Waals surface area contributed by atoms with Crippen molar-refractivity contribution in [1.29, 1.82) is 0 Å². The maximum absolute atomic E-state index is 11.6. The van der Waals surface area contributed by atoms with E-state index in [9.17, 15) is 14.7 Å². The van der Waals surface area contributed by atoms with E-state index in [-0.39, 0.29) is 6.42 Å². The average molecular weight is 336 g/mol. The number of hydrogen-bond donors (Lipinski definition) is 1. The number of esters is 1. The Morgan fingerprint density at radius 2 is 1.92 bits per heavy atom. The molecule has 6 nitrogen and oxygen atoms in total. The molecule has 2 rings (SSSR count). The summed E-state index contributed by atoms with van der Waals surface area (Å²) >= 11 is 0. The van der Waals surface area contributed by atoms with Crippen molar-refractivity contribution in [2.75, 3.05) is 14.2 Å². The van der Waals surface area contributed by atoms with Crippen LogP contribution in [0.25, 0.3) is 0 Å². The van der Waals surface area contributed by atoms with Crippen molar-refractivity contribution in [3.05, 3.63) is 23.8 Å². The molecule has 132 valence electrons. The summed E-state index contributed by atoms with van der Waals surface area (Å²) in [6, 6.07) is 5.40. The molecule has 1 aromatic carbocycles. The fraction of sp³-hybridized carbons (Fsp3) is 0.556. The highest BCUT2D eigenvalue weighted by molar-refractivity contribution is 5.70. The summed E-state index contributed by atoms with van der Waals surface area (Å²) in [6.45, 7) is 1.36. The van der Waals surface area contributed by atoms with Crippen LogP contribution < -0.4 is 9.47 Å². The first-order valence-electron chi connectivity index (χ1n) is 8.04. The Hall–Kier alpha value is -2.24. The van der Waals surface area contributed by atoms with Crippen LogP contribution in [0.15, 0.2) is 18.2 Å². The zero-order valence-electron chi connectivity index (χ0n) is 14.3. The second-order valence-electron chi connectivity index (χ2n) is 6.14. The Morgan fingerprint density at radius 3 is 2.50 bits per heavy atom. The zero-order chi connectivity index (χ0) is 17.7. The van der Waals surface area contributed by atoms with Gasteiger partial charge in [0.2, 0.25) is 0 Å². The van der Waals surface area contributed by atoms with E-state index in [1.54, 1.807) is 19.2 Å². The molecule has 0 saturated heterocycles. The normalized spacial score (nSPS) is 23.4. The average Bonchev–Trinajstić information content (AvgIpc) is 2.55. The van der Waals surface area contributed by atoms with Crippen LogP contribution in [0.2, 0.25) is 0 Å². The number of carboxylic acids is 1. The van der Waals surface area contributed by atoms with Crippen LogP contribution in [0.4, 0.5) is 0 Å². The van der Waals surface area contributed by atoms with E-state index < -0.39 is 23.5 Å². The van der Waals surface area contributed by atoms with Gasteiger partial charge in [-0.05, 0) is 37.0 Å². The van der Waals surface area contributed by atoms with Crippen molar-refractivity contribution in [2.24, 2.45) is 0 Å². The topological polar surface area (TPSA) is 82.1 Å². The maximum atomic E-state index is 11.6. The van der Waals surface area contributed by atoms with Gasteiger partial charge in [-0.25, -0.2) is 0 Å². The van der Waals surface area contributed by atoms with Gasteiger partial charge in [0.05, 0.1) is 20.6 Å². The molecule has 0 spiro atoms. The molecule has 0 heterocycles. The molecule has 1 saturated carbocycles. The molecular weight excluding hydrogens is 312 g/mol. The van der Waals surface area contributed by atoms with Crippen LogP contribution in [0.1, 0.15) is 44.6 Å². The van der Waals surface area contributed by atoms with E-state index in [1.165, 1.54) is 14.0 Å². The summed E-state index contributed by atoms with van der Waals surface area (Å²) in [5, 5.41) is 9.47. The summed E-state index contributed by atoms with van der Waals surface area (Å²) in [7, 11) is 3.09. The fourth-order valence-electron chi connectivity index (χ4n) is 3.63. The van der Waals surface area contributed by atoms with Crippen molar-refractivity contribution in [3.63, 3.8) is 0 Å². The number of ether oxygens (including phenoxy) is 3. The Bertz CT molecular complexity index is 612. The molecule has 2 atom stereocenters. The third-order valence-electron chi connectivity index (χ3n) is 4.69. The maximum Gasteiger partial charge on any atom is 0.304 e. The lowest BCUT2D eigenvalue weighted by Gasteiger charge is -2.43. The van der Waals surface area contributed by atoms with E-state index in [1.807, 2.05) is 6.07 Å². The third kappa shape index (κ3) is 3.63. The van der Waals surface area contributed by atoms with E-state index in [2.05, 4.69) is 0 Å². The lowest BCUT2D eigenvalue weighted by Crippen LogP contribution is -2.46. The van der Waals surface area contributed by atoms with Crippen molar-refractivity contribution < 1.29 is 28.9 Å². The van der Waals surface area contributed by atoms with Gasteiger partial charge in [0.25, 0.3) is 0 Å². The number of aliphatic carboxylic acids is 1. The van der Waals surface area contributed by atoms with Gasteiger partial charge in [0, 0.05) is 12.3 Å². The smallest absolute Gasteiger partial charge is 0.304 e. The molecule has 1 aromatic rings. The summed E-state index contributed by atoms with van der Waals surface area (Å²) < 4.78 is 16.1. The van der Waals surface area contributed by atoms with Gasteiger partial charge in [-0.3, -0.25) is 9.59 Å². The summed E-state index contributed by atoms with van der Waals surface area (Å²) in [4.78, 5) is 23.1. The van der Waals surface area contributed by atoms with E-state index >= 15 is 0 Å². The van der Waals surface area contributed by atoms with Crippen LogP contribution in [-0.2, 0) is 19.7 Å². The molecule has 0 bridgehead atoms. The SMILES string of the molecule is COc1ccc(C2(CC(=O)O)CCCCC2OC(C)=O)cc1OC. The molecule has 1 aliphatic rings. The number of methoxy groups -OCH3 is 2. The van der Waals surface area contributed by atoms with Crippen molar-refractivity contribution in [2.45, 2.75) is 50.5 Å². The predicted octanol–water partition coefficient (Wildman–Crippen LogP) is 2.92. The molecule has 0 amide bonds. The second-order valence-corrected chi connectivity index (χ2v) is 6.14. The number of rotatable bonds is 6. The standard InChI is InChI=1S/C18H24O6/c1-12(19)24-16-6-4-5-9-18(16,11-17(20)21)13-7-8-14(22-2)15(10-13)23-3/h7-8,10,16H,4-6,9,11H2,1-3H3,(H,20,21). The quantitative estimate of drug-likeness (QED) is 0.804. The van der Waals surface area contributed by atoms with Gasteiger partial charge < -0.3 is 19.3 Å². The Balaban J connectivity index is 2.53. The van der Waals surface area contributed by atoms with Crippen molar-refractivity contribution in [3.8, 4) is 11.5 Å². The first kappa shape index (κ1) is 18.1. The first-order chi connectivity index (χ1) is 11.4. The fourth-order valence-corrected chi connectivity index (χ4v) is 3.63. The Morgan fingerprint density at radius 1 is 1.21 bits per heavy atom. The number of carbonyl (C=O) groups excluding carboxylic acids is 1. The monoisotopic (exact) mass is 336 g/mol. The molecule has 0 aromatic heterocycles. The molecule has 24 heavy (non-hydrogen) atoms. The van der Waals surface area contributed by atoms with Crippen LogP contribution in [-0.4, -0.2) is 37.4 Å². The second kappa shape index (κ2) is 7.55. The van der Waals surface area contributed by atoms with Gasteiger partial charge in [-0.1, -0.05) is 12.5 Å². The van der Waals surface area contributed by atoms with Gasteiger partial charge in [-0.15, -0.1) is 0 Å².